The van der Waals surface area contributed by atoms with Crippen LogP contribution in [0.1, 0.15) is 27.6 Å². The van der Waals surface area contributed by atoms with Gasteiger partial charge < -0.3 is 9.32 Å². The highest BCUT2D eigenvalue weighted by atomic mass is 35.5. The molecule has 10 heteroatoms. The molecule has 1 amide bonds. The van der Waals surface area contributed by atoms with Crippen molar-refractivity contribution in [2.24, 2.45) is 0 Å². The summed E-state index contributed by atoms with van der Waals surface area (Å²) in [6.07, 6.45) is 1.63. The first-order chi connectivity index (χ1) is 13.3. The van der Waals surface area contributed by atoms with Crippen LogP contribution in [0.25, 0.3) is 5.65 Å². The normalized spacial score (nSPS) is 16.1. The predicted octanol–water partition coefficient (Wildman–Crippen LogP) is 2.88. The second-order valence-electron chi connectivity index (χ2n) is 6.73. The molecule has 0 radical (unpaired) electrons. The fraction of sp³-hybridized carbons (Fsp3) is 0.389. The molecule has 1 aliphatic heterocycles. The van der Waals surface area contributed by atoms with Crippen molar-refractivity contribution in [1.82, 2.24) is 24.4 Å². The van der Waals surface area contributed by atoms with Gasteiger partial charge in [0.15, 0.2) is 11.3 Å². The van der Waals surface area contributed by atoms with Gasteiger partial charge in [-0.1, -0.05) is 0 Å². The maximum Gasteiger partial charge on any atom is 0.364 e. The molecule has 0 aliphatic carbocycles. The van der Waals surface area contributed by atoms with Crippen LogP contribution in [0.15, 0.2) is 34.9 Å². The lowest BCUT2D eigenvalue weighted by Gasteiger charge is -2.33. The minimum absolute atomic E-state index is 0.0692. The fourth-order valence-electron chi connectivity index (χ4n) is 3.30. The first kappa shape index (κ1) is 18.8. The van der Waals surface area contributed by atoms with Crippen molar-refractivity contribution in [2.45, 2.75) is 18.9 Å². The molecule has 4 heterocycles. The number of hydrogen-bond donors (Lipinski definition) is 0. The molecular weight excluding hydrogens is 392 g/mol. The van der Waals surface area contributed by atoms with Gasteiger partial charge in [0.1, 0.15) is 11.5 Å². The second-order valence-corrected chi connectivity index (χ2v) is 7.20. The Bertz CT molecular complexity index is 991. The van der Waals surface area contributed by atoms with E-state index in [0.29, 0.717) is 38.4 Å². The van der Waals surface area contributed by atoms with Crippen LogP contribution in [0.3, 0.4) is 0 Å². The minimum atomic E-state index is -3.62. The molecular formula is C18H18ClF2N5O2. The Labute approximate surface area is 164 Å². The van der Waals surface area contributed by atoms with Crippen LogP contribution in [-0.2, 0) is 11.9 Å². The Kier molecular flexibility index (Phi) is 4.80. The summed E-state index contributed by atoms with van der Waals surface area (Å²) in [5.41, 5.74) is 0.0853. The van der Waals surface area contributed by atoms with E-state index in [4.69, 9.17) is 16.0 Å². The highest BCUT2D eigenvalue weighted by molar-refractivity contribution is 6.21. The Morgan fingerprint density at radius 1 is 1.29 bits per heavy atom. The molecule has 1 saturated heterocycles. The summed E-state index contributed by atoms with van der Waals surface area (Å²) in [5, 5.41) is 0.430. The van der Waals surface area contributed by atoms with E-state index in [0.717, 1.165) is 16.3 Å². The average Bonchev–Trinajstić information content (AvgIpc) is 3.29. The number of aryl methyl sites for hydroxylation is 1. The second kappa shape index (κ2) is 7.14. The van der Waals surface area contributed by atoms with E-state index in [1.54, 1.807) is 18.1 Å². The summed E-state index contributed by atoms with van der Waals surface area (Å²) < 4.78 is 33.7. The predicted molar refractivity (Wildman–Crippen MR) is 97.4 cm³/mol. The molecule has 148 valence electrons. The first-order valence-electron chi connectivity index (χ1n) is 8.80. The zero-order chi connectivity index (χ0) is 19.9. The molecule has 0 spiro atoms. The van der Waals surface area contributed by atoms with Crippen LogP contribution in [0.4, 0.5) is 8.78 Å². The number of amides is 1. The molecule has 4 rings (SSSR count). The van der Waals surface area contributed by atoms with Gasteiger partial charge >= 0.3 is 5.38 Å². The summed E-state index contributed by atoms with van der Waals surface area (Å²) in [7, 11) is 0. The number of piperazine rings is 1. The Morgan fingerprint density at radius 3 is 2.68 bits per heavy atom. The van der Waals surface area contributed by atoms with Gasteiger partial charge in [-0.3, -0.25) is 9.69 Å². The van der Waals surface area contributed by atoms with Gasteiger partial charge in [-0.2, -0.15) is 13.9 Å². The van der Waals surface area contributed by atoms with Gasteiger partial charge in [-0.25, -0.2) is 9.50 Å². The summed E-state index contributed by atoms with van der Waals surface area (Å²) in [6.45, 7) is 4.65. The number of nitrogens with zero attached hydrogens (tertiary/aromatic N) is 5. The lowest BCUT2D eigenvalue weighted by Crippen LogP contribution is -2.48. The van der Waals surface area contributed by atoms with Gasteiger partial charge in [0.05, 0.1) is 12.8 Å². The number of halogens is 3. The number of aromatic nitrogens is 3. The van der Waals surface area contributed by atoms with Crippen molar-refractivity contribution in [3.8, 4) is 0 Å². The number of fused-ring (bicyclic) bond motifs is 1. The first-order valence-corrected chi connectivity index (χ1v) is 9.18. The van der Waals surface area contributed by atoms with E-state index >= 15 is 0 Å². The SMILES string of the molecule is Cc1cc(C(F)(F)Cl)n2nc(C(=O)N3CCN(Cc4ccco4)CC3)cc2n1. The number of carbonyl (C=O) groups excluding carboxylic acids is 1. The number of hydrogen-bond acceptors (Lipinski definition) is 5. The lowest BCUT2D eigenvalue weighted by molar-refractivity contribution is 0.0612. The lowest BCUT2D eigenvalue weighted by atomic mass is 10.2. The van der Waals surface area contributed by atoms with Gasteiger partial charge in [-0.05, 0) is 36.7 Å². The van der Waals surface area contributed by atoms with Crippen LogP contribution < -0.4 is 0 Å². The van der Waals surface area contributed by atoms with Crippen LogP contribution in [0, 0.1) is 6.92 Å². The van der Waals surface area contributed by atoms with Crippen molar-refractivity contribution in [1.29, 1.82) is 0 Å². The van der Waals surface area contributed by atoms with Crippen LogP contribution in [0.2, 0.25) is 0 Å². The number of carbonyl (C=O) groups is 1. The molecule has 0 N–H and O–H groups in total. The van der Waals surface area contributed by atoms with Crippen LogP contribution in [0.5, 0.6) is 0 Å². The van der Waals surface area contributed by atoms with Crippen molar-refractivity contribution < 1.29 is 18.0 Å². The molecule has 3 aromatic heterocycles. The Hall–Kier alpha value is -2.52. The standard InChI is InChI=1S/C18H18ClF2N5O2/c1-12-9-15(18(19,20)21)26-16(22-12)10-14(23-26)17(27)25-6-4-24(5-7-25)11-13-3-2-8-28-13/h2-3,8-10H,4-7,11H2,1H3. The van der Waals surface area contributed by atoms with Crippen molar-refractivity contribution in [2.75, 3.05) is 26.2 Å². The summed E-state index contributed by atoms with van der Waals surface area (Å²) in [4.78, 5) is 20.8. The van der Waals surface area contributed by atoms with Crippen molar-refractivity contribution >= 4 is 23.2 Å². The zero-order valence-electron chi connectivity index (χ0n) is 15.1. The number of furan rings is 1. The average molecular weight is 410 g/mol. The maximum absolute atomic E-state index is 13.7. The third-order valence-corrected chi connectivity index (χ3v) is 4.88. The topological polar surface area (TPSA) is 66.9 Å². The molecule has 1 fully saturated rings. The van der Waals surface area contributed by atoms with E-state index in [-0.39, 0.29) is 17.2 Å². The smallest absolute Gasteiger partial charge is 0.364 e. The number of rotatable bonds is 4. The van der Waals surface area contributed by atoms with Crippen molar-refractivity contribution in [3.63, 3.8) is 0 Å². The Balaban J connectivity index is 1.50. The zero-order valence-corrected chi connectivity index (χ0v) is 15.9. The highest BCUT2D eigenvalue weighted by Gasteiger charge is 2.33. The van der Waals surface area contributed by atoms with E-state index < -0.39 is 11.1 Å². The van der Waals surface area contributed by atoms with Crippen LogP contribution in [-0.4, -0.2) is 56.5 Å². The maximum atomic E-state index is 13.7. The molecule has 0 unspecified atom stereocenters. The fourth-order valence-corrected chi connectivity index (χ4v) is 3.44. The quantitative estimate of drug-likeness (QED) is 0.620. The van der Waals surface area contributed by atoms with Crippen molar-refractivity contribution in [3.05, 3.63) is 53.4 Å². The van der Waals surface area contributed by atoms with Crippen LogP contribution >= 0.6 is 11.6 Å². The van der Waals surface area contributed by atoms with Gasteiger partial charge in [0.2, 0.25) is 0 Å². The molecule has 28 heavy (non-hydrogen) atoms. The Morgan fingerprint density at radius 2 is 2.04 bits per heavy atom. The summed E-state index contributed by atoms with van der Waals surface area (Å²) >= 11 is 5.19. The third kappa shape index (κ3) is 3.72. The minimum Gasteiger partial charge on any atom is -0.468 e. The van der Waals surface area contributed by atoms with Gasteiger partial charge in [-0.15, -0.1) is 0 Å². The summed E-state index contributed by atoms with van der Waals surface area (Å²) in [6, 6.07) is 6.33. The largest absolute Gasteiger partial charge is 0.468 e. The van der Waals surface area contributed by atoms with E-state index in [2.05, 4.69) is 15.0 Å². The molecule has 3 aromatic rings. The molecule has 0 aromatic carbocycles. The highest BCUT2D eigenvalue weighted by Crippen LogP contribution is 2.32. The van der Waals surface area contributed by atoms with Gasteiger partial charge in [0.25, 0.3) is 5.91 Å². The molecule has 1 aliphatic rings. The third-order valence-electron chi connectivity index (χ3n) is 4.68. The molecule has 7 nitrogen and oxygen atoms in total. The molecule has 0 atom stereocenters. The number of alkyl halides is 3. The summed E-state index contributed by atoms with van der Waals surface area (Å²) in [5.74, 6) is 0.556. The van der Waals surface area contributed by atoms with Gasteiger partial charge in [0, 0.05) is 37.9 Å². The van der Waals surface area contributed by atoms with E-state index in [9.17, 15) is 13.6 Å². The molecule has 0 saturated carbocycles. The van der Waals surface area contributed by atoms with E-state index in [1.165, 1.54) is 6.07 Å². The monoisotopic (exact) mass is 409 g/mol. The molecule has 0 bridgehead atoms. The van der Waals surface area contributed by atoms with E-state index in [1.807, 2.05) is 12.1 Å².